The van der Waals surface area contributed by atoms with E-state index in [0.717, 1.165) is 25.2 Å². The zero-order valence-corrected chi connectivity index (χ0v) is 11.0. The second-order valence-corrected chi connectivity index (χ2v) is 5.41. The Kier molecular flexibility index (Phi) is 3.21. The van der Waals surface area contributed by atoms with E-state index in [0.29, 0.717) is 6.04 Å². The fourth-order valence-electron chi connectivity index (χ4n) is 3.08. The van der Waals surface area contributed by atoms with Gasteiger partial charge in [-0.15, -0.1) is 0 Å². The van der Waals surface area contributed by atoms with Gasteiger partial charge in [0.05, 0.1) is 12.0 Å². The monoisotopic (exact) mass is 258 g/mol. The first kappa shape index (κ1) is 12.5. The molecule has 0 bridgehead atoms. The first-order valence-corrected chi connectivity index (χ1v) is 6.79. The summed E-state index contributed by atoms with van der Waals surface area (Å²) in [4.78, 5) is 26.0. The number of carbonyl (C=O) groups is 2. The molecule has 1 N–H and O–H groups in total. The zero-order chi connectivity index (χ0) is 13.4. The molecule has 0 aromatic heterocycles. The van der Waals surface area contributed by atoms with E-state index in [-0.39, 0.29) is 23.5 Å². The normalized spacial score (nSPS) is 32.2. The molecule has 0 spiro atoms. The Labute approximate surface area is 112 Å². The quantitative estimate of drug-likeness (QED) is 0.789. The number of nitrogens with zero attached hydrogens (tertiary/aromatic N) is 1. The van der Waals surface area contributed by atoms with Gasteiger partial charge in [-0.3, -0.25) is 14.5 Å². The van der Waals surface area contributed by atoms with Crippen molar-refractivity contribution in [2.24, 2.45) is 0 Å². The zero-order valence-electron chi connectivity index (χ0n) is 11.0. The maximum atomic E-state index is 11.9. The molecule has 1 aromatic carbocycles. The van der Waals surface area contributed by atoms with Crippen LogP contribution in [0.15, 0.2) is 30.3 Å². The summed E-state index contributed by atoms with van der Waals surface area (Å²) in [7, 11) is 0. The van der Waals surface area contributed by atoms with Crippen LogP contribution >= 0.6 is 0 Å². The maximum Gasteiger partial charge on any atom is 0.217 e. The van der Waals surface area contributed by atoms with Gasteiger partial charge in [-0.05, 0) is 12.5 Å². The lowest BCUT2D eigenvalue weighted by atomic mass is 9.71. The third kappa shape index (κ3) is 2.11. The molecule has 0 amide bonds. The first-order valence-electron chi connectivity index (χ1n) is 6.79. The van der Waals surface area contributed by atoms with E-state index in [1.54, 1.807) is 0 Å². The molecular formula is C15H18N2O2. The summed E-state index contributed by atoms with van der Waals surface area (Å²) in [6, 6.07) is 9.76. The molecule has 4 heteroatoms. The van der Waals surface area contributed by atoms with Crippen molar-refractivity contribution < 1.29 is 9.59 Å². The van der Waals surface area contributed by atoms with Gasteiger partial charge >= 0.3 is 0 Å². The van der Waals surface area contributed by atoms with Crippen LogP contribution in [0.25, 0.3) is 0 Å². The van der Waals surface area contributed by atoms with Crippen molar-refractivity contribution in [3.05, 3.63) is 35.9 Å². The summed E-state index contributed by atoms with van der Waals surface area (Å²) in [6.45, 7) is 4.64. The molecule has 3 atom stereocenters. The van der Waals surface area contributed by atoms with Crippen molar-refractivity contribution in [1.82, 2.24) is 10.2 Å². The number of rotatable bonds is 2. The summed E-state index contributed by atoms with van der Waals surface area (Å²) < 4.78 is 0. The minimum atomic E-state index is -0.265. The average molecular weight is 258 g/mol. The summed E-state index contributed by atoms with van der Waals surface area (Å²) >= 11 is 0. The highest BCUT2D eigenvalue weighted by Crippen LogP contribution is 2.35. The topological polar surface area (TPSA) is 49.4 Å². The van der Waals surface area contributed by atoms with Crippen molar-refractivity contribution in [2.45, 2.75) is 24.9 Å². The Balaban J connectivity index is 1.83. The molecule has 1 aliphatic carbocycles. The van der Waals surface area contributed by atoms with Gasteiger partial charge in [0.15, 0.2) is 0 Å². The average Bonchev–Trinajstić information content (AvgIpc) is 2.44. The standard InChI is InChI=1S/C15H18N2O2/c1-10-9-17(8-7-16-10)13-12(14(18)15(13)19)11-5-3-2-4-6-11/h2-6,10,12-13,16H,7-9H2,1H3/t10-,12?,13?/m1/s1. The fraction of sp³-hybridized carbons (Fsp3) is 0.467. The Hall–Kier alpha value is -1.52. The number of Topliss-reactive ketones (excluding diaryl/α,β-unsaturated/α-hetero) is 2. The molecule has 1 saturated carbocycles. The van der Waals surface area contributed by atoms with Crippen LogP contribution in [0.5, 0.6) is 0 Å². The number of hydrogen-bond acceptors (Lipinski definition) is 4. The predicted molar refractivity (Wildman–Crippen MR) is 72.0 cm³/mol. The molecule has 2 aliphatic rings. The Bertz CT molecular complexity index is 500. The van der Waals surface area contributed by atoms with E-state index in [2.05, 4.69) is 17.1 Å². The highest BCUT2D eigenvalue weighted by Gasteiger charge is 2.52. The molecule has 3 rings (SSSR count). The molecule has 2 fully saturated rings. The van der Waals surface area contributed by atoms with Gasteiger partial charge in [0.25, 0.3) is 0 Å². The van der Waals surface area contributed by atoms with Crippen molar-refractivity contribution in [1.29, 1.82) is 0 Å². The van der Waals surface area contributed by atoms with Gasteiger partial charge in [-0.1, -0.05) is 30.3 Å². The minimum Gasteiger partial charge on any atom is -0.312 e. The molecule has 4 nitrogen and oxygen atoms in total. The SMILES string of the molecule is C[C@@H]1CN(C2C(=O)C(=O)C2c2ccccc2)CCN1. The van der Waals surface area contributed by atoms with E-state index in [1.807, 2.05) is 30.3 Å². The smallest absolute Gasteiger partial charge is 0.217 e. The Morgan fingerprint density at radius 3 is 2.58 bits per heavy atom. The van der Waals surface area contributed by atoms with Crippen molar-refractivity contribution >= 4 is 11.6 Å². The van der Waals surface area contributed by atoms with E-state index in [9.17, 15) is 9.59 Å². The molecule has 2 unspecified atom stereocenters. The lowest BCUT2D eigenvalue weighted by Gasteiger charge is -2.44. The lowest BCUT2D eigenvalue weighted by Crippen LogP contribution is -2.64. The third-order valence-corrected chi connectivity index (χ3v) is 4.06. The van der Waals surface area contributed by atoms with E-state index in [1.165, 1.54) is 0 Å². The fourth-order valence-corrected chi connectivity index (χ4v) is 3.08. The van der Waals surface area contributed by atoms with Crippen LogP contribution in [-0.2, 0) is 9.59 Å². The maximum absolute atomic E-state index is 11.9. The molecule has 0 radical (unpaired) electrons. The van der Waals surface area contributed by atoms with Crippen molar-refractivity contribution in [3.63, 3.8) is 0 Å². The molecule has 19 heavy (non-hydrogen) atoms. The summed E-state index contributed by atoms with van der Waals surface area (Å²) in [5.41, 5.74) is 0.961. The molecule has 1 aliphatic heterocycles. The highest BCUT2D eigenvalue weighted by atomic mass is 16.2. The largest absolute Gasteiger partial charge is 0.312 e. The van der Waals surface area contributed by atoms with Crippen LogP contribution in [0.1, 0.15) is 18.4 Å². The van der Waals surface area contributed by atoms with Gasteiger partial charge in [0.1, 0.15) is 0 Å². The van der Waals surface area contributed by atoms with Crippen LogP contribution in [0.3, 0.4) is 0 Å². The summed E-state index contributed by atoms with van der Waals surface area (Å²) in [6.07, 6.45) is 0. The third-order valence-electron chi connectivity index (χ3n) is 4.06. The van der Waals surface area contributed by atoms with Crippen molar-refractivity contribution in [2.75, 3.05) is 19.6 Å². The summed E-state index contributed by atoms with van der Waals surface area (Å²) in [5, 5.41) is 3.36. The minimum absolute atomic E-state index is 0.219. The van der Waals surface area contributed by atoms with Crippen LogP contribution in [0.2, 0.25) is 0 Å². The first-order chi connectivity index (χ1) is 9.18. The number of benzene rings is 1. The number of hydrogen-bond donors (Lipinski definition) is 1. The molecular weight excluding hydrogens is 240 g/mol. The lowest BCUT2D eigenvalue weighted by molar-refractivity contribution is -0.151. The number of ketones is 2. The van der Waals surface area contributed by atoms with Crippen molar-refractivity contribution in [3.8, 4) is 0 Å². The summed E-state index contributed by atoms with van der Waals surface area (Å²) in [5.74, 6) is -0.718. The predicted octanol–water partition coefficient (Wildman–Crippen LogP) is 0.584. The van der Waals surface area contributed by atoms with Crippen LogP contribution in [-0.4, -0.2) is 48.2 Å². The van der Waals surface area contributed by atoms with Crippen LogP contribution in [0, 0.1) is 0 Å². The second kappa shape index (κ2) is 4.87. The number of nitrogens with one attached hydrogen (secondary N) is 1. The van der Waals surface area contributed by atoms with Crippen LogP contribution in [0.4, 0.5) is 0 Å². The molecule has 1 aromatic rings. The van der Waals surface area contributed by atoms with Crippen LogP contribution < -0.4 is 5.32 Å². The second-order valence-electron chi connectivity index (χ2n) is 5.41. The van der Waals surface area contributed by atoms with Gasteiger partial charge in [0, 0.05) is 25.7 Å². The van der Waals surface area contributed by atoms with Gasteiger partial charge < -0.3 is 5.32 Å². The molecule has 1 heterocycles. The highest BCUT2D eigenvalue weighted by molar-refractivity contribution is 6.49. The Morgan fingerprint density at radius 2 is 1.89 bits per heavy atom. The molecule has 1 saturated heterocycles. The number of carbonyl (C=O) groups excluding carboxylic acids is 2. The van der Waals surface area contributed by atoms with Gasteiger partial charge in [-0.2, -0.15) is 0 Å². The van der Waals surface area contributed by atoms with Gasteiger partial charge in [0.2, 0.25) is 11.6 Å². The Morgan fingerprint density at radius 1 is 1.16 bits per heavy atom. The molecule has 100 valence electrons. The van der Waals surface area contributed by atoms with E-state index < -0.39 is 0 Å². The van der Waals surface area contributed by atoms with Gasteiger partial charge in [-0.25, -0.2) is 0 Å². The van der Waals surface area contributed by atoms with E-state index in [4.69, 9.17) is 0 Å². The number of piperazine rings is 1. The van der Waals surface area contributed by atoms with E-state index >= 15 is 0 Å².